The third-order valence-corrected chi connectivity index (χ3v) is 3.41. The quantitative estimate of drug-likeness (QED) is 0.762. The second-order valence-electron chi connectivity index (χ2n) is 3.97. The summed E-state index contributed by atoms with van der Waals surface area (Å²) in [5.41, 5.74) is 1.23. The lowest BCUT2D eigenvalue weighted by atomic mass is 10.2. The summed E-state index contributed by atoms with van der Waals surface area (Å²) in [5.74, 6) is -0.311. The Hall–Kier alpha value is -1.48. The normalized spacial score (nSPS) is 10.8. The Balaban J connectivity index is 2.10. The van der Waals surface area contributed by atoms with Crippen LogP contribution >= 0.6 is 34.8 Å². The van der Waals surface area contributed by atoms with Crippen LogP contribution in [-0.2, 0) is 4.79 Å². The molecule has 0 unspecified atom stereocenters. The molecule has 2 nitrogen and oxygen atoms in total. The molecule has 5 heteroatoms. The van der Waals surface area contributed by atoms with Gasteiger partial charge in [0.2, 0.25) is 5.91 Å². The maximum atomic E-state index is 11.8. The Morgan fingerprint density at radius 3 is 2.50 bits per heavy atom. The number of anilines is 1. The van der Waals surface area contributed by atoms with Crippen LogP contribution in [0.2, 0.25) is 15.1 Å². The van der Waals surface area contributed by atoms with E-state index < -0.39 is 0 Å². The van der Waals surface area contributed by atoms with E-state index in [1.165, 1.54) is 6.08 Å². The molecule has 0 fully saturated rings. The number of amides is 1. The highest BCUT2D eigenvalue weighted by Gasteiger charge is 2.04. The zero-order chi connectivity index (χ0) is 14.5. The van der Waals surface area contributed by atoms with Gasteiger partial charge in [-0.3, -0.25) is 4.79 Å². The van der Waals surface area contributed by atoms with Gasteiger partial charge in [-0.2, -0.15) is 0 Å². The van der Waals surface area contributed by atoms with Gasteiger partial charge in [0, 0.05) is 16.1 Å². The van der Waals surface area contributed by atoms with Crippen molar-refractivity contribution in [2.24, 2.45) is 0 Å². The summed E-state index contributed by atoms with van der Waals surface area (Å²) < 4.78 is 0. The van der Waals surface area contributed by atoms with Crippen molar-refractivity contribution < 1.29 is 4.79 Å². The zero-order valence-electron chi connectivity index (χ0n) is 10.2. The van der Waals surface area contributed by atoms with Gasteiger partial charge >= 0.3 is 0 Å². The average molecular weight is 327 g/mol. The van der Waals surface area contributed by atoms with Gasteiger partial charge < -0.3 is 5.32 Å². The van der Waals surface area contributed by atoms with Gasteiger partial charge in [-0.15, -0.1) is 0 Å². The summed E-state index contributed by atoms with van der Waals surface area (Å²) >= 11 is 17.8. The van der Waals surface area contributed by atoms with E-state index in [2.05, 4.69) is 5.32 Å². The fourth-order valence-corrected chi connectivity index (χ4v) is 2.08. The highest BCUT2D eigenvalue weighted by molar-refractivity contribution is 6.36. The molecular weight excluding hydrogens is 317 g/mol. The SMILES string of the molecule is O=C(C=Cc1ccccc1Cl)Nc1cc(Cl)ccc1Cl. The van der Waals surface area contributed by atoms with Crippen LogP contribution in [0.1, 0.15) is 5.56 Å². The van der Waals surface area contributed by atoms with Crippen molar-refractivity contribution in [2.45, 2.75) is 0 Å². The fraction of sp³-hybridized carbons (Fsp3) is 0. The van der Waals surface area contributed by atoms with Crippen LogP contribution in [0.4, 0.5) is 5.69 Å². The van der Waals surface area contributed by atoms with E-state index in [1.807, 2.05) is 18.2 Å². The summed E-state index contributed by atoms with van der Waals surface area (Å²) in [6, 6.07) is 12.1. The molecule has 20 heavy (non-hydrogen) atoms. The van der Waals surface area contributed by atoms with Crippen LogP contribution in [0.3, 0.4) is 0 Å². The molecule has 1 N–H and O–H groups in total. The Labute approximate surface area is 132 Å². The number of nitrogens with one attached hydrogen (secondary N) is 1. The molecule has 0 spiro atoms. The minimum Gasteiger partial charge on any atom is -0.321 e. The molecule has 0 bridgehead atoms. The van der Waals surface area contributed by atoms with E-state index in [-0.39, 0.29) is 5.91 Å². The molecule has 1 amide bonds. The molecule has 0 atom stereocenters. The van der Waals surface area contributed by atoms with Crippen LogP contribution in [0, 0.1) is 0 Å². The molecule has 102 valence electrons. The molecule has 0 radical (unpaired) electrons. The number of carbonyl (C=O) groups is 1. The summed E-state index contributed by atoms with van der Waals surface area (Å²) in [5, 5.41) is 4.16. The van der Waals surface area contributed by atoms with Crippen molar-refractivity contribution in [3.8, 4) is 0 Å². The van der Waals surface area contributed by atoms with Crippen molar-refractivity contribution in [3.63, 3.8) is 0 Å². The van der Waals surface area contributed by atoms with Crippen molar-refractivity contribution in [2.75, 3.05) is 5.32 Å². The first-order valence-corrected chi connectivity index (χ1v) is 6.88. The number of rotatable bonds is 3. The Bertz CT molecular complexity index is 668. The molecule has 0 aliphatic rings. The lowest BCUT2D eigenvalue weighted by molar-refractivity contribution is -0.111. The van der Waals surface area contributed by atoms with Crippen LogP contribution in [-0.4, -0.2) is 5.91 Å². The van der Waals surface area contributed by atoms with Crippen LogP contribution < -0.4 is 5.32 Å². The van der Waals surface area contributed by atoms with E-state index in [9.17, 15) is 4.79 Å². The Morgan fingerprint density at radius 1 is 1.00 bits per heavy atom. The molecule has 2 rings (SSSR count). The maximum absolute atomic E-state index is 11.8. The molecule has 0 heterocycles. The van der Waals surface area contributed by atoms with Crippen LogP contribution in [0.25, 0.3) is 6.08 Å². The highest BCUT2D eigenvalue weighted by Crippen LogP contribution is 2.25. The third-order valence-electron chi connectivity index (χ3n) is 2.51. The lowest BCUT2D eigenvalue weighted by Gasteiger charge is -2.05. The van der Waals surface area contributed by atoms with Gasteiger partial charge in [-0.25, -0.2) is 0 Å². The topological polar surface area (TPSA) is 29.1 Å². The molecule has 2 aromatic carbocycles. The zero-order valence-corrected chi connectivity index (χ0v) is 12.5. The highest BCUT2D eigenvalue weighted by atomic mass is 35.5. The summed E-state index contributed by atoms with van der Waals surface area (Å²) in [7, 11) is 0. The van der Waals surface area contributed by atoms with E-state index in [0.717, 1.165) is 5.56 Å². The van der Waals surface area contributed by atoms with E-state index in [1.54, 1.807) is 30.3 Å². The van der Waals surface area contributed by atoms with Gasteiger partial charge in [0.25, 0.3) is 0 Å². The van der Waals surface area contributed by atoms with Crippen LogP contribution in [0.15, 0.2) is 48.5 Å². The predicted molar refractivity (Wildman–Crippen MR) is 85.6 cm³/mol. The summed E-state index contributed by atoms with van der Waals surface area (Å²) in [6.45, 7) is 0. The number of benzene rings is 2. The van der Waals surface area contributed by atoms with Gasteiger partial charge in [-0.05, 0) is 35.9 Å². The first-order valence-electron chi connectivity index (χ1n) is 5.75. The molecule has 2 aromatic rings. The van der Waals surface area contributed by atoms with Crippen molar-refractivity contribution >= 4 is 52.5 Å². The van der Waals surface area contributed by atoms with Gasteiger partial charge in [0.1, 0.15) is 0 Å². The fourth-order valence-electron chi connectivity index (χ4n) is 1.54. The largest absolute Gasteiger partial charge is 0.321 e. The van der Waals surface area contributed by atoms with E-state index in [4.69, 9.17) is 34.8 Å². The molecule has 0 saturated heterocycles. The molecular formula is C15H10Cl3NO. The van der Waals surface area contributed by atoms with Crippen molar-refractivity contribution in [1.29, 1.82) is 0 Å². The van der Waals surface area contributed by atoms with Gasteiger partial charge in [-0.1, -0.05) is 53.0 Å². The second-order valence-corrected chi connectivity index (χ2v) is 5.22. The number of hydrogen-bond acceptors (Lipinski definition) is 1. The van der Waals surface area contributed by atoms with Crippen molar-refractivity contribution in [1.82, 2.24) is 0 Å². The Morgan fingerprint density at radius 2 is 1.75 bits per heavy atom. The van der Waals surface area contributed by atoms with E-state index in [0.29, 0.717) is 20.8 Å². The summed E-state index contributed by atoms with van der Waals surface area (Å²) in [4.78, 5) is 11.8. The first kappa shape index (κ1) is 14.9. The standard InChI is InChI=1S/C15H10Cl3NO/c16-11-6-7-13(18)14(9-11)19-15(20)8-5-10-3-1-2-4-12(10)17/h1-9H,(H,19,20). The maximum Gasteiger partial charge on any atom is 0.248 e. The molecule has 0 saturated carbocycles. The number of halogens is 3. The third kappa shape index (κ3) is 4.01. The van der Waals surface area contributed by atoms with Crippen LogP contribution in [0.5, 0.6) is 0 Å². The lowest BCUT2D eigenvalue weighted by Crippen LogP contribution is -2.08. The minimum absolute atomic E-state index is 0.311. The first-order chi connectivity index (χ1) is 9.56. The van der Waals surface area contributed by atoms with Gasteiger partial charge in [0.05, 0.1) is 10.7 Å². The summed E-state index contributed by atoms with van der Waals surface area (Å²) in [6.07, 6.45) is 3.02. The number of carbonyl (C=O) groups excluding carboxylic acids is 1. The van der Waals surface area contributed by atoms with Crippen molar-refractivity contribution in [3.05, 3.63) is 69.2 Å². The Kier molecular flexibility index (Phi) is 5.07. The molecule has 0 aliphatic carbocycles. The second kappa shape index (κ2) is 6.80. The van der Waals surface area contributed by atoms with Gasteiger partial charge in [0.15, 0.2) is 0 Å². The minimum atomic E-state index is -0.311. The molecule has 0 aliphatic heterocycles. The monoisotopic (exact) mass is 325 g/mol. The molecule has 0 aromatic heterocycles. The smallest absolute Gasteiger partial charge is 0.248 e. The van der Waals surface area contributed by atoms with E-state index >= 15 is 0 Å². The number of hydrogen-bond donors (Lipinski definition) is 1. The average Bonchev–Trinajstić information content (AvgIpc) is 2.42. The predicted octanol–water partition coefficient (Wildman–Crippen LogP) is 5.30.